The minimum Gasteiger partial charge on any atom is -0.384 e. The van der Waals surface area contributed by atoms with Crippen molar-refractivity contribution in [1.29, 1.82) is 0 Å². The molecule has 0 radical (unpaired) electrons. The lowest BCUT2D eigenvalue weighted by Crippen LogP contribution is -2.23. The van der Waals surface area contributed by atoms with Crippen LogP contribution in [0, 0.1) is 5.92 Å². The van der Waals surface area contributed by atoms with Gasteiger partial charge in [-0.2, -0.15) is 0 Å². The summed E-state index contributed by atoms with van der Waals surface area (Å²) in [5.41, 5.74) is 1.01. The van der Waals surface area contributed by atoms with E-state index in [2.05, 4.69) is 15.3 Å². The van der Waals surface area contributed by atoms with Gasteiger partial charge in [-0.25, -0.2) is 4.98 Å². The number of aromatic nitrogens is 1. The molecule has 2 heterocycles. The van der Waals surface area contributed by atoms with Crippen LogP contribution < -0.4 is 0 Å². The summed E-state index contributed by atoms with van der Waals surface area (Å²) in [6, 6.07) is 0. The van der Waals surface area contributed by atoms with E-state index in [1.165, 1.54) is 37.5 Å². The summed E-state index contributed by atoms with van der Waals surface area (Å²) < 4.78 is 5.22. The van der Waals surface area contributed by atoms with Crippen molar-refractivity contribution in [2.24, 2.45) is 5.92 Å². The Morgan fingerprint density at radius 2 is 2.50 bits per heavy atom. The van der Waals surface area contributed by atoms with E-state index in [-0.39, 0.29) is 0 Å². The number of hydrogen-bond donors (Lipinski definition) is 0. The van der Waals surface area contributed by atoms with Crippen molar-refractivity contribution in [3.63, 3.8) is 0 Å². The van der Waals surface area contributed by atoms with Crippen molar-refractivity contribution in [2.75, 3.05) is 33.4 Å². The minimum atomic E-state index is 0.529. The molecule has 3 nitrogen and oxygen atoms in total. The zero-order chi connectivity index (χ0) is 12.8. The Hall–Kier alpha value is -0.160. The van der Waals surface area contributed by atoms with Crippen LogP contribution >= 0.6 is 22.9 Å². The maximum absolute atomic E-state index is 5.75. The highest BCUT2D eigenvalue weighted by Crippen LogP contribution is 2.18. The fourth-order valence-corrected chi connectivity index (χ4v) is 3.54. The molecule has 18 heavy (non-hydrogen) atoms. The molecule has 0 spiro atoms. The first kappa shape index (κ1) is 14.3. The predicted molar refractivity (Wildman–Crippen MR) is 76.4 cm³/mol. The lowest BCUT2D eigenvalue weighted by Gasteiger charge is -2.15. The van der Waals surface area contributed by atoms with Crippen molar-refractivity contribution >= 4 is 22.9 Å². The second-order valence-corrected chi connectivity index (χ2v) is 6.09. The molecule has 0 bridgehead atoms. The normalized spacial score (nSPS) is 20.7. The molecule has 1 fully saturated rings. The summed E-state index contributed by atoms with van der Waals surface area (Å²) in [4.78, 5) is 7.03. The van der Waals surface area contributed by atoms with Crippen molar-refractivity contribution in [2.45, 2.75) is 25.1 Å². The molecule has 1 aromatic rings. The van der Waals surface area contributed by atoms with E-state index in [9.17, 15) is 0 Å². The highest BCUT2D eigenvalue weighted by molar-refractivity contribution is 7.09. The maximum atomic E-state index is 5.75. The van der Waals surface area contributed by atoms with Crippen molar-refractivity contribution in [3.8, 4) is 0 Å². The number of thiazole rings is 1. The second kappa shape index (κ2) is 7.43. The lowest BCUT2D eigenvalue weighted by molar-refractivity contribution is 0.153. The van der Waals surface area contributed by atoms with Crippen LogP contribution in [0.5, 0.6) is 0 Å². The molecular weight excluding hydrogens is 268 g/mol. The van der Waals surface area contributed by atoms with Crippen molar-refractivity contribution < 1.29 is 4.74 Å². The Balaban J connectivity index is 1.64. The Morgan fingerprint density at radius 1 is 1.61 bits per heavy atom. The van der Waals surface area contributed by atoms with Gasteiger partial charge in [0.15, 0.2) is 0 Å². The second-order valence-electron chi connectivity index (χ2n) is 4.88. The third kappa shape index (κ3) is 4.19. The summed E-state index contributed by atoms with van der Waals surface area (Å²) in [5, 5.41) is 3.28. The SMILES string of the molecule is COCC1CCN(CCCc2nc(CCl)cs2)C1. The van der Waals surface area contributed by atoms with Crippen LogP contribution in [0.2, 0.25) is 0 Å². The fraction of sp³-hybridized carbons (Fsp3) is 0.769. The third-order valence-electron chi connectivity index (χ3n) is 3.37. The van der Waals surface area contributed by atoms with Gasteiger partial charge in [0, 0.05) is 25.5 Å². The number of ether oxygens (including phenoxy) is 1. The van der Waals surface area contributed by atoms with Crippen LogP contribution in [0.4, 0.5) is 0 Å². The topological polar surface area (TPSA) is 25.4 Å². The summed E-state index contributed by atoms with van der Waals surface area (Å²) in [6.45, 7) is 4.50. The number of nitrogens with zero attached hydrogens (tertiary/aromatic N) is 2. The average molecular weight is 289 g/mol. The van der Waals surface area contributed by atoms with Crippen LogP contribution in [-0.2, 0) is 17.0 Å². The van der Waals surface area contributed by atoms with E-state index in [0.29, 0.717) is 5.88 Å². The van der Waals surface area contributed by atoms with E-state index in [1.54, 1.807) is 18.4 Å². The number of hydrogen-bond acceptors (Lipinski definition) is 4. The smallest absolute Gasteiger partial charge is 0.0929 e. The van der Waals surface area contributed by atoms with Gasteiger partial charge in [0.2, 0.25) is 0 Å². The predicted octanol–water partition coefficient (Wildman–Crippen LogP) is 2.78. The van der Waals surface area contributed by atoms with Gasteiger partial charge in [0.05, 0.1) is 23.2 Å². The maximum Gasteiger partial charge on any atom is 0.0929 e. The zero-order valence-corrected chi connectivity index (χ0v) is 12.5. The number of aryl methyl sites for hydroxylation is 1. The first-order valence-electron chi connectivity index (χ1n) is 6.52. The average Bonchev–Trinajstić information content (AvgIpc) is 2.99. The molecule has 0 saturated carbocycles. The van der Waals surface area contributed by atoms with E-state index in [0.717, 1.165) is 24.6 Å². The summed E-state index contributed by atoms with van der Waals surface area (Å²) in [7, 11) is 1.79. The fourth-order valence-electron chi connectivity index (χ4n) is 2.47. The van der Waals surface area contributed by atoms with Gasteiger partial charge >= 0.3 is 0 Å². The quantitative estimate of drug-likeness (QED) is 0.722. The molecule has 0 amide bonds. The highest BCUT2D eigenvalue weighted by Gasteiger charge is 2.21. The van der Waals surface area contributed by atoms with Gasteiger partial charge in [-0.05, 0) is 31.8 Å². The Kier molecular flexibility index (Phi) is 5.89. The third-order valence-corrected chi connectivity index (χ3v) is 4.60. The summed E-state index contributed by atoms with van der Waals surface area (Å²) in [5.74, 6) is 1.26. The standard InChI is InChI=1S/C13H21ClN2OS/c1-17-9-11-4-6-16(8-11)5-2-3-13-15-12(7-14)10-18-13/h10-11H,2-9H2,1H3. The molecule has 1 atom stereocenters. The molecule has 1 aliphatic rings. The molecule has 1 saturated heterocycles. The molecule has 1 aromatic heterocycles. The molecule has 0 aromatic carbocycles. The molecule has 1 aliphatic heterocycles. The largest absolute Gasteiger partial charge is 0.384 e. The van der Waals surface area contributed by atoms with Crippen LogP contribution in [0.25, 0.3) is 0 Å². The molecule has 0 N–H and O–H groups in total. The molecule has 5 heteroatoms. The molecule has 0 aliphatic carbocycles. The van der Waals surface area contributed by atoms with E-state index < -0.39 is 0 Å². The number of rotatable bonds is 7. The molecule has 1 unspecified atom stereocenters. The monoisotopic (exact) mass is 288 g/mol. The Bertz CT molecular complexity index is 359. The first-order valence-corrected chi connectivity index (χ1v) is 7.93. The first-order chi connectivity index (χ1) is 8.81. The summed E-state index contributed by atoms with van der Waals surface area (Å²) >= 11 is 7.48. The van der Waals surface area contributed by atoms with Gasteiger partial charge in [0.1, 0.15) is 0 Å². The van der Waals surface area contributed by atoms with Crippen molar-refractivity contribution in [3.05, 3.63) is 16.1 Å². The summed E-state index contributed by atoms with van der Waals surface area (Å²) in [6.07, 6.45) is 3.55. The van der Waals surface area contributed by atoms with Crippen LogP contribution in [0.15, 0.2) is 5.38 Å². The van der Waals surface area contributed by atoms with Gasteiger partial charge in [-0.15, -0.1) is 22.9 Å². The zero-order valence-electron chi connectivity index (χ0n) is 10.9. The van der Waals surface area contributed by atoms with E-state index >= 15 is 0 Å². The Labute approximate surface area is 118 Å². The highest BCUT2D eigenvalue weighted by atomic mass is 35.5. The van der Waals surface area contributed by atoms with Gasteiger partial charge in [-0.3, -0.25) is 0 Å². The van der Waals surface area contributed by atoms with Crippen LogP contribution in [0.3, 0.4) is 0 Å². The minimum absolute atomic E-state index is 0.529. The van der Waals surface area contributed by atoms with Crippen LogP contribution in [-0.4, -0.2) is 43.2 Å². The molecule has 102 valence electrons. The number of halogens is 1. The number of likely N-dealkylation sites (tertiary alicyclic amines) is 1. The van der Waals surface area contributed by atoms with Gasteiger partial charge in [-0.1, -0.05) is 0 Å². The van der Waals surface area contributed by atoms with Gasteiger partial charge in [0.25, 0.3) is 0 Å². The van der Waals surface area contributed by atoms with Crippen LogP contribution in [0.1, 0.15) is 23.5 Å². The van der Waals surface area contributed by atoms with Gasteiger partial charge < -0.3 is 9.64 Å². The van der Waals surface area contributed by atoms with E-state index in [4.69, 9.17) is 16.3 Å². The van der Waals surface area contributed by atoms with E-state index in [1.807, 2.05) is 0 Å². The molecule has 2 rings (SSSR count). The molecular formula is C13H21ClN2OS. The van der Waals surface area contributed by atoms with Crippen molar-refractivity contribution in [1.82, 2.24) is 9.88 Å². The Morgan fingerprint density at radius 3 is 3.22 bits per heavy atom. The lowest BCUT2D eigenvalue weighted by atomic mass is 10.1. The number of alkyl halides is 1. The number of methoxy groups -OCH3 is 1.